The summed E-state index contributed by atoms with van der Waals surface area (Å²) in [5.74, 6) is -0.354. The molecule has 2 heterocycles. The highest BCUT2D eigenvalue weighted by Gasteiger charge is 2.40. The standard InChI is InChI=1S/C15H18N2O2/c1-12-2-3-13(11-16)14(10-12)17-6-4-15(5-7-17)18-8-9-19-15/h2-3,10H,4-9H2,1H3. The second-order valence-electron chi connectivity index (χ2n) is 5.23. The Kier molecular flexibility index (Phi) is 3.17. The Morgan fingerprint density at radius 2 is 1.89 bits per heavy atom. The Bertz CT molecular complexity index is 505. The van der Waals surface area contributed by atoms with E-state index in [9.17, 15) is 5.26 Å². The van der Waals surface area contributed by atoms with Gasteiger partial charge in [0.1, 0.15) is 6.07 Å². The third kappa shape index (κ3) is 2.32. The zero-order valence-corrected chi connectivity index (χ0v) is 11.2. The van der Waals surface area contributed by atoms with Crippen LogP contribution in [-0.4, -0.2) is 32.1 Å². The number of aryl methyl sites for hydroxylation is 1. The summed E-state index contributed by atoms with van der Waals surface area (Å²) >= 11 is 0. The van der Waals surface area contributed by atoms with Crippen LogP contribution in [0.4, 0.5) is 5.69 Å². The molecule has 0 N–H and O–H groups in total. The van der Waals surface area contributed by atoms with Crippen LogP contribution in [0, 0.1) is 18.3 Å². The Labute approximate surface area is 113 Å². The second-order valence-corrected chi connectivity index (χ2v) is 5.23. The lowest BCUT2D eigenvalue weighted by molar-refractivity contribution is -0.169. The zero-order chi connectivity index (χ0) is 13.3. The third-order valence-electron chi connectivity index (χ3n) is 3.95. The maximum absolute atomic E-state index is 9.22. The van der Waals surface area contributed by atoms with E-state index in [1.165, 1.54) is 5.56 Å². The highest BCUT2D eigenvalue weighted by atomic mass is 16.7. The number of nitriles is 1. The summed E-state index contributed by atoms with van der Waals surface area (Å²) in [6.45, 7) is 5.21. The monoisotopic (exact) mass is 258 g/mol. The number of nitrogens with zero attached hydrogens (tertiary/aromatic N) is 2. The van der Waals surface area contributed by atoms with Crippen molar-refractivity contribution in [2.45, 2.75) is 25.6 Å². The summed E-state index contributed by atoms with van der Waals surface area (Å²) in [7, 11) is 0. The van der Waals surface area contributed by atoms with E-state index in [0.717, 1.165) is 37.2 Å². The van der Waals surface area contributed by atoms with Gasteiger partial charge in [0.25, 0.3) is 0 Å². The molecule has 0 saturated carbocycles. The van der Waals surface area contributed by atoms with Crippen LogP contribution in [0.25, 0.3) is 0 Å². The molecule has 0 aromatic heterocycles. The van der Waals surface area contributed by atoms with Crippen LogP contribution < -0.4 is 4.90 Å². The van der Waals surface area contributed by atoms with Gasteiger partial charge >= 0.3 is 0 Å². The first-order valence-corrected chi connectivity index (χ1v) is 6.76. The number of anilines is 1. The fourth-order valence-corrected chi connectivity index (χ4v) is 2.87. The fourth-order valence-electron chi connectivity index (χ4n) is 2.87. The van der Waals surface area contributed by atoms with Crippen molar-refractivity contribution in [2.75, 3.05) is 31.2 Å². The van der Waals surface area contributed by atoms with Gasteiger partial charge in [-0.15, -0.1) is 0 Å². The molecule has 2 aliphatic heterocycles. The topological polar surface area (TPSA) is 45.5 Å². The minimum Gasteiger partial charge on any atom is -0.370 e. The molecule has 0 radical (unpaired) electrons. The van der Waals surface area contributed by atoms with Gasteiger partial charge < -0.3 is 14.4 Å². The summed E-state index contributed by atoms with van der Waals surface area (Å²) in [4.78, 5) is 2.27. The molecule has 2 saturated heterocycles. The molecule has 0 unspecified atom stereocenters. The molecular weight excluding hydrogens is 240 g/mol. The van der Waals surface area contributed by atoms with Crippen LogP contribution in [0.3, 0.4) is 0 Å². The van der Waals surface area contributed by atoms with Crippen LogP contribution in [0.2, 0.25) is 0 Å². The smallest absolute Gasteiger partial charge is 0.171 e. The molecule has 3 rings (SSSR count). The van der Waals surface area contributed by atoms with Crippen molar-refractivity contribution in [1.29, 1.82) is 5.26 Å². The quantitative estimate of drug-likeness (QED) is 0.774. The molecule has 4 heteroatoms. The van der Waals surface area contributed by atoms with Crippen molar-refractivity contribution in [2.24, 2.45) is 0 Å². The summed E-state index contributed by atoms with van der Waals surface area (Å²) < 4.78 is 11.5. The highest BCUT2D eigenvalue weighted by Crippen LogP contribution is 2.34. The van der Waals surface area contributed by atoms with E-state index >= 15 is 0 Å². The zero-order valence-electron chi connectivity index (χ0n) is 11.2. The van der Waals surface area contributed by atoms with Crippen LogP contribution in [0.1, 0.15) is 24.0 Å². The summed E-state index contributed by atoms with van der Waals surface area (Å²) in [6.07, 6.45) is 1.73. The van der Waals surface area contributed by atoms with Crippen LogP contribution >= 0.6 is 0 Å². The molecule has 2 fully saturated rings. The van der Waals surface area contributed by atoms with Gasteiger partial charge in [0.05, 0.1) is 24.5 Å². The Morgan fingerprint density at radius 3 is 2.53 bits per heavy atom. The SMILES string of the molecule is Cc1ccc(C#N)c(N2CCC3(CC2)OCCO3)c1. The molecule has 1 aromatic carbocycles. The van der Waals surface area contributed by atoms with Crippen molar-refractivity contribution in [3.05, 3.63) is 29.3 Å². The van der Waals surface area contributed by atoms with Crippen molar-refractivity contribution in [3.8, 4) is 6.07 Å². The van der Waals surface area contributed by atoms with Gasteiger partial charge in [0.15, 0.2) is 5.79 Å². The lowest BCUT2D eigenvalue weighted by atomic mass is 10.0. The predicted molar refractivity (Wildman–Crippen MR) is 72.0 cm³/mol. The van der Waals surface area contributed by atoms with Gasteiger partial charge in [0, 0.05) is 25.9 Å². The van der Waals surface area contributed by atoms with Crippen LogP contribution in [0.5, 0.6) is 0 Å². The molecule has 1 aromatic rings. The number of rotatable bonds is 1. The predicted octanol–water partition coefficient (Wildman–Crippen LogP) is 2.21. The fraction of sp³-hybridized carbons (Fsp3) is 0.533. The number of benzene rings is 1. The molecule has 4 nitrogen and oxygen atoms in total. The Hall–Kier alpha value is -1.57. The first kappa shape index (κ1) is 12.5. The minimum absolute atomic E-state index is 0.354. The molecule has 0 aliphatic carbocycles. The Balaban J connectivity index is 1.78. The molecular formula is C15H18N2O2. The maximum Gasteiger partial charge on any atom is 0.171 e. The van der Waals surface area contributed by atoms with E-state index in [4.69, 9.17) is 9.47 Å². The van der Waals surface area contributed by atoms with E-state index in [1.807, 2.05) is 12.1 Å². The largest absolute Gasteiger partial charge is 0.370 e. The van der Waals surface area contributed by atoms with Gasteiger partial charge in [0.2, 0.25) is 0 Å². The van der Waals surface area contributed by atoms with E-state index in [1.54, 1.807) is 0 Å². The van der Waals surface area contributed by atoms with Gasteiger partial charge in [-0.1, -0.05) is 6.07 Å². The molecule has 0 bridgehead atoms. The lowest BCUT2D eigenvalue weighted by Gasteiger charge is -2.39. The normalized spacial score (nSPS) is 21.6. The first-order valence-electron chi connectivity index (χ1n) is 6.76. The van der Waals surface area contributed by atoms with Gasteiger partial charge in [-0.05, 0) is 24.6 Å². The van der Waals surface area contributed by atoms with Crippen molar-refractivity contribution >= 4 is 5.69 Å². The summed E-state index contributed by atoms with van der Waals surface area (Å²) in [5, 5.41) is 9.22. The average Bonchev–Trinajstić information content (AvgIpc) is 2.88. The van der Waals surface area contributed by atoms with Crippen molar-refractivity contribution in [3.63, 3.8) is 0 Å². The highest BCUT2D eigenvalue weighted by molar-refractivity contribution is 5.61. The molecule has 19 heavy (non-hydrogen) atoms. The van der Waals surface area contributed by atoms with E-state index in [0.29, 0.717) is 13.2 Å². The minimum atomic E-state index is -0.354. The van der Waals surface area contributed by atoms with E-state index in [2.05, 4.69) is 24.0 Å². The summed E-state index contributed by atoms with van der Waals surface area (Å²) in [5.41, 5.74) is 2.97. The first-order chi connectivity index (χ1) is 9.22. The van der Waals surface area contributed by atoms with Gasteiger partial charge in [-0.25, -0.2) is 0 Å². The number of ether oxygens (including phenoxy) is 2. The number of piperidine rings is 1. The molecule has 2 aliphatic rings. The van der Waals surface area contributed by atoms with E-state index in [-0.39, 0.29) is 5.79 Å². The number of hydrogen-bond donors (Lipinski definition) is 0. The van der Waals surface area contributed by atoms with Crippen LogP contribution in [0.15, 0.2) is 18.2 Å². The third-order valence-corrected chi connectivity index (χ3v) is 3.95. The maximum atomic E-state index is 9.22. The van der Waals surface area contributed by atoms with Gasteiger partial charge in [-0.3, -0.25) is 0 Å². The molecule has 0 atom stereocenters. The molecule has 1 spiro atoms. The second kappa shape index (κ2) is 4.84. The van der Waals surface area contributed by atoms with Crippen molar-refractivity contribution < 1.29 is 9.47 Å². The molecule has 0 amide bonds. The lowest BCUT2D eigenvalue weighted by Crippen LogP contribution is -2.45. The van der Waals surface area contributed by atoms with E-state index < -0.39 is 0 Å². The van der Waals surface area contributed by atoms with Gasteiger partial charge in [-0.2, -0.15) is 5.26 Å². The number of hydrogen-bond acceptors (Lipinski definition) is 4. The molecule has 100 valence electrons. The average molecular weight is 258 g/mol. The Morgan fingerprint density at radius 1 is 1.21 bits per heavy atom. The van der Waals surface area contributed by atoms with Crippen LogP contribution in [-0.2, 0) is 9.47 Å². The summed E-state index contributed by atoms with van der Waals surface area (Å²) in [6, 6.07) is 8.25. The van der Waals surface area contributed by atoms with Crippen molar-refractivity contribution in [1.82, 2.24) is 0 Å².